The maximum Gasteiger partial charge on any atom is 0.240 e. The first-order valence-corrected chi connectivity index (χ1v) is 9.44. The molecule has 1 heterocycles. The number of sulfonamides is 1. The van der Waals surface area contributed by atoms with Crippen molar-refractivity contribution < 1.29 is 13.2 Å². The smallest absolute Gasteiger partial charge is 0.240 e. The van der Waals surface area contributed by atoms with Crippen LogP contribution in [-0.4, -0.2) is 40.0 Å². The van der Waals surface area contributed by atoms with Crippen molar-refractivity contribution in [1.29, 1.82) is 0 Å². The van der Waals surface area contributed by atoms with E-state index in [2.05, 4.69) is 15.4 Å². The summed E-state index contributed by atoms with van der Waals surface area (Å²) in [5, 5.41) is 6.15. The molecule has 136 valence electrons. The number of aryl methyl sites for hydroxylation is 2. The van der Waals surface area contributed by atoms with Crippen molar-refractivity contribution >= 4 is 28.3 Å². The van der Waals surface area contributed by atoms with Gasteiger partial charge < -0.3 is 10.6 Å². The van der Waals surface area contributed by atoms with E-state index in [4.69, 9.17) is 0 Å². The Kier molecular flexibility index (Phi) is 8.15. The third-order valence-electron chi connectivity index (χ3n) is 4.09. The van der Waals surface area contributed by atoms with Crippen molar-refractivity contribution in [2.24, 2.45) is 0 Å². The van der Waals surface area contributed by atoms with Gasteiger partial charge in [0.1, 0.15) is 0 Å². The molecule has 1 atom stereocenters. The van der Waals surface area contributed by atoms with Gasteiger partial charge in [-0.2, -0.15) is 0 Å². The van der Waals surface area contributed by atoms with E-state index in [0.717, 1.165) is 37.1 Å². The van der Waals surface area contributed by atoms with E-state index in [0.29, 0.717) is 0 Å². The molecule has 0 bridgehead atoms. The van der Waals surface area contributed by atoms with Crippen LogP contribution in [0.3, 0.4) is 0 Å². The lowest BCUT2D eigenvalue weighted by Gasteiger charge is -2.23. The van der Waals surface area contributed by atoms with Crippen molar-refractivity contribution in [2.45, 2.75) is 44.0 Å². The third kappa shape index (κ3) is 6.05. The summed E-state index contributed by atoms with van der Waals surface area (Å²) in [6, 6.07) is 5.16. The highest BCUT2D eigenvalue weighted by Crippen LogP contribution is 2.14. The number of carbonyl (C=O) groups excluding carboxylic acids is 1. The van der Waals surface area contributed by atoms with Gasteiger partial charge in [0.15, 0.2) is 0 Å². The molecule has 0 aromatic heterocycles. The lowest BCUT2D eigenvalue weighted by Crippen LogP contribution is -2.46. The Morgan fingerprint density at radius 2 is 2.04 bits per heavy atom. The Labute approximate surface area is 150 Å². The zero-order valence-corrected chi connectivity index (χ0v) is 15.7. The molecular weight excluding hydrogens is 350 g/mol. The van der Waals surface area contributed by atoms with Gasteiger partial charge in [-0.1, -0.05) is 6.07 Å². The first-order chi connectivity index (χ1) is 10.9. The zero-order valence-electron chi connectivity index (χ0n) is 14.1. The molecule has 2 rings (SSSR count). The second-order valence-corrected chi connectivity index (χ2v) is 7.77. The van der Waals surface area contributed by atoms with Crippen molar-refractivity contribution in [3.63, 3.8) is 0 Å². The average molecular weight is 376 g/mol. The summed E-state index contributed by atoms with van der Waals surface area (Å²) < 4.78 is 26.9. The first-order valence-electron chi connectivity index (χ1n) is 7.95. The maximum atomic E-state index is 12.2. The van der Waals surface area contributed by atoms with Crippen molar-refractivity contribution in [2.75, 3.05) is 19.6 Å². The molecule has 0 unspecified atom stereocenters. The molecule has 0 saturated carbocycles. The van der Waals surface area contributed by atoms with Crippen LogP contribution in [0.5, 0.6) is 0 Å². The molecule has 3 N–H and O–H groups in total. The lowest BCUT2D eigenvalue weighted by atomic mass is 10.1. The zero-order chi connectivity index (χ0) is 16.9. The Hall–Kier alpha value is -1.15. The molecule has 1 saturated heterocycles. The van der Waals surface area contributed by atoms with E-state index >= 15 is 0 Å². The maximum absolute atomic E-state index is 12.2. The predicted molar refractivity (Wildman–Crippen MR) is 97.0 cm³/mol. The topological polar surface area (TPSA) is 87.3 Å². The number of piperidine rings is 1. The molecule has 6 nitrogen and oxygen atoms in total. The fourth-order valence-electron chi connectivity index (χ4n) is 2.54. The summed E-state index contributed by atoms with van der Waals surface area (Å²) in [6.07, 6.45) is 2.15. The fourth-order valence-corrected chi connectivity index (χ4v) is 3.65. The van der Waals surface area contributed by atoms with Gasteiger partial charge in [0.05, 0.1) is 4.90 Å². The highest BCUT2D eigenvalue weighted by atomic mass is 35.5. The van der Waals surface area contributed by atoms with Gasteiger partial charge in [0.2, 0.25) is 15.9 Å². The molecule has 1 fully saturated rings. The normalized spacial score (nSPS) is 17.8. The number of hydrogen-bond donors (Lipinski definition) is 3. The second kappa shape index (κ2) is 9.36. The van der Waals surface area contributed by atoms with Gasteiger partial charge in [-0.05, 0) is 56.5 Å². The monoisotopic (exact) mass is 375 g/mol. The standard InChI is InChI=1S/C16H25N3O3S.ClH/c1-12-5-6-15(10-13(12)2)23(21,22)18-9-7-16(20)19-14-4-3-8-17-11-14;/h5-6,10,14,17-18H,3-4,7-9,11H2,1-2H3,(H,19,20);1H/t14-;/m0./s1. The van der Waals surface area contributed by atoms with Crippen molar-refractivity contribution in [1.82, 2.24) is 15.4 Å². The Balaban J connectivity index is 0.00000288. The molecule has 0 aliphatic carbocycles. The minimum atomic E-state index is -3.57. The summed E-state index contributed by atoms with van der Waals surface area (Å²) in [6.45, 7) is 5.67. The van der Waals surface area contributed by atoms with Gasteiger partial charge in [0.25, 0.3) is 0 Å². The van der Waals surface area contributed by atoms with Gasteiger partial charge in [0, 0.05) is 25.6 Å². The minimum Gasteiger partial charge on any atom is -0.352 e. The van der Waals surface area contributed by atoms with Crippen LogP contribution < -0.4 is 15.4 Å². The Bertz CT molecular complexity index is 659. The van der Waals surface area contributed by atoms with Gasteiger partial charge >= 0.3 is 0 Å². The highest BCUT2D eigenvalue weighted by molar-refractivity contribution is 7.89. The molecule has 1 amide bonds. The highest BCUT2D eigenvalue weighted by Gasteiger charge is 2.17. The van der Waals surface area contributed by atoms with Crippen LogP contribution in [0.15, 0.2) is 23.1 Å². The minimum absolute atomic E-state index is 0. The SMILES string of the molecule is Cc1ccc(S(=O)(=O)NCCC(=O)N[C@H]2CCCNC2)cc1C.Cl. The second-order valence-electron chi connectivity index (χ2n) is 6.00. The number of nitrogens with one attached hydrogen (secondary N) is 3. The predicted octanol–water partition coefficient (Wildman–Crippen LogP) is 1.26. The summed E-state index contributed by atoms with van der Waals surface area (Å²) in [5.74, 6) is -0.124. The van der Waals surface area contributed by atoms with E-state index in [1.165, 1.54) is 0 Å². The molecule has 0 radical (unpaired) electrons. The number of carbonyl (C=O) groups is 1. The Morgan fingerprint density at radius 3 is 2.67 bits per heavy atom. The Morgan fingerprint density at radius 1 is 1.29 bits per heavy atom. The van der Waals surface area contributed by atoms with Gasteiger partial charge in [-0.15, -0.1) is 12.4 Å². The quantitative estimate of drug-likeness (QED) is 0.698. The fraction of sp³-hybridized carbons (Fsp3) is 0.562. The number of rotatable bonds is 6. The van der Waals surface area contributed by atoms with Crippen LogP contribution in [0.2, 0.25) is 0 Å². The molecule has 1 aliphatic rings. The molecular formula is C16H26ClN3O3S. The summed E-state index contributed by atoms with van der Waals surface area (Å²) in [7, 11) is -3.57. The van der Waals surface area contributed by atoms with Crippen LogP contribution >= 0.6 is 12.4 Å². The molecule has 8 heteroatoms. The number of halogens is 1. The van der Waals surface area contributed by atoms with Gasteiger partial charge in [-0.25, -0.2) is 13.1 Å². The molecule has 1 aromatic carbocycles. The lowest BCUT2D eigenvalue weighted by molar-refractivity contribution is -0.121. The summed E-state index contributed by atoms with van der Waals surface area (Å²) >= 11 is 0. The molecule has 1 aliphatic heterocycles. The number of benzene rings is 1. The van der Waals surface area contributed by atoms with Crippen molar-refractivity contribution in [3.05, 3.63) is 29.3 Å². The molecule has 24 heavy (non-hydrogen) atoms. The first kappa shape index (κ1) is 20.9. The average Bonchev–Trinajstić information content (AvgIpc) is 2.50. The number of amides is 1. The summed E-state index contributed by atoms with van der Waals surface area (Å²) in [4.78, 5) is 12.1. The van der Waals surface area contributed by atoms with E-state index in [9.17, 15) is 13.2 Å². The largest absolute Gasteiger partial charge is 0.352 e. The molecule has 1 aromatic rings. The van der Waals surface area contributed by atoms with E-state index in [1.807, 2.05) is 13.8 Å². The summed E-state index contributed by atoms with van der Waals surface area (Å²) in [5.41, 5.74) is 1.97. The third-order valence-corrected chi connectivity index (χ3v) is 5.55. The number of hydrogen-bond acceptors (Lipinski definition) is 4. The van der Waals surface area contributed by atoms with Gasteiger partial charge in [-0.3, -0.25) is 4.79 Å². The molecule has 0 spiro atoms. The van der Waals surface area contributed by atoms with Crippen LogP contribution in [0.4, 0.5) is 0 Å². The van der Waals surface area contributed by atoms with Crippen LogP contribution in [-0.2, 0) is 14.8 Å². The van der Waals surface area contributed by atoms with Crippen LogP contribution in [0.1, 0.15) is 30.4 Å². The van der Waals surface area contributed by atoms with E-state index in [1.54, 1.807) is 18.2 Å². The van der Waals surface area contributed by atoms with Crippen LogP contribution in [0, 0.1) is 13.8 Å². The van der Waals surface area contributed by atoms with Crippen molar-refractivity contribution in [3.8, 4) is 0 Å². The van der Waals surface area contributed by atoms with E-state index < -0.39 is 10.0 Å². The van der Waals surface area contributed by atoms with E-state index in [-0.39, 0.29) is 42.2 Å². The van der Waals surface area contributed by atoms with Crippen LogP contribution in [0.25, 0.3) is 0 Å².